The molecule has 1 aliphatic rings. The number of nitrogens with zero attached hydrogens (tertiary/aromatic N) is 1. The second-order valence-corrected chi connectivity index (χ2v) is 3.17. The Kier molecular flexibility index (Phi) is 2.62. The molecule has 3 heteroatoms. The monoisotopic (exact) mass is 157 g/mol. The Balaban J connectivity index is 2.49. The predicted octanol–water partition coefficient (Wildman–Crippen LogP) is 0.500. The van der Waals surface area contributed by atoms with Crippen molar-refractivity contribution < 1.29 is 9.53 Å². The number of hydrogen-bond acceptors (Lipinski definition) is 3. The molecule has 0 aromatic carbocycles. The number of ether oxygens (including phenoxy) is 1. The first kappa shape index (κ1) is 8.68. The summed E-state index contributed by atoms with van der Waals surface area (Å²) in [5.41, 5.74) is 0. The van der Waals surface area contributed by atoms with Gasteiger partial charge in [0.1, 0.15) is 12.0 Å². The minimum absolute atomic E-state index is 0.142. The standard InChI is InChI=1S/C8H15NO2/c1-6(10)7-4-8(11-3)9(2)5-7/h7-8H,4-5H2,1-3H3/t7-,8?/m1/s1. The van der Waals surface area contributed by atoms with Crippen LogP contribution in [0.1, 0.15) is 13.3 Å². The van der Waals surface area contributed by atoms with Crippen LogP contribution in [0.5, 0.6) is 0 Å². The molecule has 0 aromatic heterocycles. The average Bonchev–Trinajstić information content (AvgIpc) is 2.31. The van der Waals surface area contributed by atoms with Crippen LogP contribution in [0.3, 0.4) is 0 Å². The van der Waals surface area contributed by atoms with E-state index in [0.717, 1.165) is 13.0 Å². The van der Waals surface area contributed by atoms with E-state index in [1.54, 1.807) is 14.0 Å². The van der Waals surface area contributed by atoms with Crippen LogP contribution in [-0.2, 0) is 9.53 Å². The van der Waals surface area contributed by atoms with E-state index in [2.05, 4.69) is 4.90 Å². The van der Waals surface area contributed by atoms with E-state index in [-0.39, 0.29) is 17.9 Å². The first-order chi connectivity index (χ1) is 5.15. The second kappa shape index (κ2) is 3.32. The Hall–Kier alpha value is -0.410. The van der Waals surface area contributed by atoms with Gasteiger partial charge in [-0.2, -0.15) is 0 Å². The Bertz CT molecular complexity index is 158. The first-order valence-electron chi connectivity index (χ1n) is 3.88. The SMILES string of the molecule is COC1C[C@@H](C(C)=O)CN1C. The zero-order valence-corrected chi connectivity index (χ0v) is 7.33. The maximum atomic E-state index is 11.0. The van der Waals surface area contributed by atoms with Crippen LogP contribution in [0.15, 0.2) is 0 Å². The van der Waals surface area contributed by atoms with Crippen molar-refractivity contribution in [1.82, 2.24) is 4.90 Å². The first-order valence-corrected chi connectivity index (χ1v) is 3.88. The molecule has 1 rings (SSSR count). The van der Waals surface area contributed by atoms with Crippen molar-refractivity contribution in [3.63, 3.8) is 0 Å². The molecule has 0 radical (unpaired) electrons. The zero-order valence-electron chi connectivity index (χ0n) is 7.33. The summed E-state index contributed by atoms with van der Waals surface area (Å²) in [7, 11) is 3.67. The molecule has 0 spiro atoms. The highest BCUT2D eigenvalue weighted by molar-refractivity contribution is 5.78. The topological polar surface area (TPSA) is 29.5 Å². The molecule has 0 bridgehead atoms. The Morgan fingerprint density at radius 3 is 2.55 bits per heavy atom. The molecule has 0 aromatic rings. The number of hydrogen-bond donors (Lipinski definition) is 0. The van der Waals surface area contributed by atoms with Gasteiger partial charge < -0.3 is 4.74 Å². The van der Waals surface area contributed by atoms with Gasteiger partial charge in [0, 0.05) is 19.6 Å². The fraction of sp³-hybridized carbons (Fsp3) is 0.875. The van der Waals surface area contributed by atoms with E-state index in [9.17, 15) is 4.79 Å². The van der Waals surface area contributed by atoms with Gasteiger partial charge in [0.2, 0.25) is 0 Å². The Labute approximate surface area is 67.3 Å². The van der Waals surface area contributed by atoms with Crippen molar-refractivity contribution >= 4 is 5.78 Å². The fourth-order valence-corrected chi connectivity index (χ4v) is 1.53. The van der Waals surface area contributed by atoms with Crippen molar-refractivity contribution in [1.29, 1.82) is 0 Å². The van der Waals surface area contributed by atoms with Crippen molar-refractivity contribution in [3.8, 4) is 0 Å². The van der Waals surface area contributed by atoms with Crippen LogP contribution >= 0.6 is 0 Å². The molecule has 64 valence electrons. The van der Waals surface area contributed by atoms with E-state index >= 15 is 0 Å². The van der Waals surface area contributed by atoms with Crippen LogP contribution in [0.4, 0.5) is 0 Å². The smallest absolute Gasteiger partial charge is 0.134 e. The van der Waals surface area contributed by atoms with Crippen LogP contribution in [0.2, 0.25) is 0 Å². The highest BCUT2D eigenvalue weighted by Gasteiger charge is 2.31. The van der Waals surface area contributed by atoms with Gasteiger partial charge in [0.15, 0.2) is 0 Å². The molecular weight excluding hydrogens is 142 g/mol. The molecule has 3 nitrogen and oxygen atoms in total. The Morgan fingerprint density at radius 2 is 2.27 bits per heavy atom. The van der Waals surface area contributed by atoms with E-state index in [4.69, 9.17) is 4.74 Å². The molecule has 0 N–H and O–H groups in total. The third kappa shape index (κ3) is 1.79. The molecule has 1 aliphatic heterocycles. The number of carbonyl (C=O) groups excluding carboxylic acids is 1. The predicted molar refractivity (Wildman–Crippen MR) is 42.2 cm³/mol. The molecule has 1 heterocycles. The molecule has 11 heavy (non-hydrogen) atoms. The number of carbonyl (C=O) groups is 1. The van der Waals surface area contributed by atoms with Gasteiger partial charge in [-0.25, -0.2) is 0 Å². The highest BCUT2D eigenvalue weighted by atomic mass is 16.5. The molecule has 1 unspecified atom stereocenters. The average molecular weight is 157 g/mol. The third-order valence-electron chi connectivity index (χ3n) is 2.33. The minimum atomic E-state index is 0.142. The van der Waals surface area contributed by atoms with E-state index < -0.39 is 0 Å². The molecule has 0 saturated carbocycles. The number of rotatable bonds is 2. The number of methoxy groups -OCH3 is 1. The summed E-state index contributed by atoms with van der Waals surface area (Å²) >= 11 is 0. The van der Waals surface area contributed by atoms with Crippen LogP contribution in [-0.4, -0.2) is 37.6 Å². The summed E-state index contributed by atoms with van der Waals surface area (Å²) in [6, 6.07) is 0. The lowest BCUT2D eigenvalue weighted by Gasteiger charge is -2.16. The molecule has 0 amide bonds. The lowest BCUT2D eigenvalue weighted by atomic mass is 10.1. The maximum absolute atomic E-state index is 11.0. The van der Waals surface area contributed by atoms with Gasteiger partial charge in [-0.15, -0.1) is 0 Å². The molecule has 0 aliphatic carbocycles. The van der Waals surface area contributed by atoms with E-state index in [1.807, 2.05) is 7.05 Å². The van der Waals surface area contributed by atoms with Gasteiger partial charge in [-0.05, 0) is 20.4 Å². The summed E-state index contributed by atoms with van der Waals surface area (Å²) < 4.78 is 5.18. The fourth-order valence-electron chi connectivity index (χ4n) is 1.53. The summed E-state index contributed by atoms with van der Waals surface area (Å²) in [6.45, 7) is 2.49. The van der Waals surface area contributed by atoms with Crippen LogP contribution in [0, 0.1) is 5.92 Å². The van der Waals surface area contributed by atoms with Gasteiger partial charge in [0.05, 0.1) is 0 Å². The quantitative estimate of drug-likeness (QED) is 0.584. The summed E-state index contributed by atoms with van der Waals surface area (Å²) in [5, 5.41) is 0. The normalized spacial score (nSPS) is 32.6. The van der Waals surface area contributed by atoms with Crippen molar-refractivity contribution in [2.45, 2.75) is 19.6 Å². The van der Waals surface area contributed by atoms with Crippen molar-refractivity contribution in [3.05, 3.63) is 0 Å². The largest absolute Gasteiger partial charge is 0.366 e. The number of ketones is 1. The summed E-state index contributed by atoms with van der Waals surface area (Å²) in [5.74, 6) is 0.460. The third-order valence-corrected chi connectivity index (χ3v) is 2.33. The second-order valence-electron chi connectivity index (χ2n) is 3.17. The van der Waals surface area contributed by atoms with Gasteiger partial charge in [0.25, 0.3) is 0 Å². The molecular formula is C8H15NO2. The highest BCUT2D eigenvalue weighted by Crippen LogP contribution is 2.22. The van der Waals surface area contributed by atoms with Crippen LogP contribution < -0.4 is 0 Å². The summed E-state index contributed by atoms with van der Waals surface area (Å²) in [6.07, 6.45) is 0.992. The van der Waals surface area contributed by atoms with Gasteiger partial charge >= 0.3 is 0 Å². The van der Waals surface area contributed by atoms with Crippen molar-refractivity contribution in [2.24, 2.45) is 5.92 Å². The van der Waals surface area contributed by atoms with E-state index in [0.29, 0.717) is 0 Å². The zero-order chi connectivity index (χ0) is 8.43. The number of Topliss-reactive ketones (excluding diaryl/α,β-unsaturated/α-hetero) is 1. The minimum Gasteiger partial charge on any atom is -0.366 e. The maximum Gasteiger partial charge on any atom is 0.134 e. The van der Waals surface area contributed by atoms with E-state index in [1.165, 1.54) is 0 Å². The molecule has 2 atom stereocenters. The Morgan fingerprint density at radius 1 is 1.64 bits per heavy atom. The molecule has 1 fully saturated rings. The van der Waals surface area contributed by atoms with Crippen LogP contribution in [0.25, 0.3) is 0 Å². The van der Waals surface area contributed by atoms with Gasteiger partial charge in [-0.3, -0.25) is 9.69 Å². The van der Waals surface area contributed by atoms with Crippen molar-refractivity contribution in [2.75, 3.05) is 20.7 Å². The lowest BCUT2D eigenvalue weighted by molar-refractivity contribution is -0.120. The van der Waals surface area contributed by atoms with Gasteiger partial charge in [-0.1, -0.05) is 0 Å². The summed E-state index contributed by atoms with van der Waals surface area (Å²) in [4.78, 5) is 13.0. The lowest BCUT2D eigenvalue weighted by Crippen LogP contribution is -2.26. The number of likely N-dealkylation sites (tertiary alicyclic amines) is 1. The molecule has 1 saturated heterocycles.